The van der Waals surface area contributed by atoms with E-state index in [-0.39, 0.29) is 36.0 Å². The van der Waals surface area contributed by atoms with Gasteiger partial charge >= 0.3 is 0 Å². The van der Waals surface area contributed by atoms with Gasteiger partial charge < -0.3 is 30.2 Å². The standard InChI is InChI=1S/C24H32N4O4.HI/c1-25-24(26-12-11-17-9-10-20(30-2)22(15-17)31-3)27-16-18-6-4-7-19(14-18)28-23(29)21-8-5-13-32-21;/h4,6-7,9-10,14-15,21H,5,8,11-13,16H2,1-3H3,(H,28,29)(H2,25,26,27);1H. The Kier molecular flexibility index (Phi) is 11.2. The Morgan fingerprint density at radius 3 is 2.61 bits per heavy atom. The van der Waals surface area contributed by atoms with Gasteiger partial charge in [0.05, 0.1) is 14.2 Å². The normalized spacial score (nSPS) is 15.4. The number of rotatable bonds is 9. The van der Waals surface area contributed by atoms with E-state index >= 15 is 0 Å². The second-order valence-corrected chi connectivity index (χ2v) is 7.48. The Morgan fingerprint density at radius 1 is 1.09 bits per heavy atom. The largest absolute Gasteiger partial charge is 0.493 e. The fraction of sp³-hybridized carbons (Fsp3) is 0.417. The van der Waals surface area contributed by atoms with Crippen molar-refractivity contribution in [1.82, 2.24) is 10.6 Å². The van der Waals surface area contributed by atoms with Crippen LogP contribution in [-0.2, 0) is 22.5 Å². The first-order valence-electron chi connectivity index (χ1n) is 10.8. The molecule has 1 aliphatic rings. The summed E-state index contributed by atoms with van der Waals surface area (Å²) in [4.78, 5) is 16.5. The van der Waals surface area contributed by atoms with Crippen LogP contribution >= 0.6 is 24.0 Å². The molecule has 0 aromatic heterocycles. The van der Waals surface area contributed by atoms with Crippen molar-refractivity contribution < 1.29 is 19.0 Å². The van der Waals surface area contributed by atoms with Crippen LogP contribution in [-0.4, -0.2) is 52.4 Å². The molecule has 1 atom stereocenters. The first kappa shape index (κ1) is 26.7. The number of hydrogen-bond acceptors (Lipinski definition) is 5. The van der Waals surface area contributed by atoms with Gasteiger partial charge in [-0.25, -0.2) is 0 Å². The number of hydrogen-bond donors (Lipinski definition) is 3. The fourth-order valence-electron chi connectivity index (χ4n) is 3.53. The average molecular weight is 568 g/mol. The minimum Gasteiger partial charge on any atom is -0.493 e. The van der Waals surface area contributed by atoms with E-state index in [0.717, 1.165) is 47.6 Å². The van der Waals surface area contributed by atoms with Crippen LogP contribution in [0.5, 0.6) is 11.5 Å². The summed E-state index contributed by atoms with van der Waals surface area (Å²) in [7, 11) is 5.00. The van der Waals surface area contributed by atoms with E-state index in [2.05, 4.69) is 20.9 Å². The molecule has 0 saturated carbocycles. The van der Waals surface area contributed by atoms with Crippen molar-refractivity contribution in [3.63, 3.8) is 0 Å². The molecule has 1 unspecified atom stereocenters. The van der Waals surface area contributed by atoms with Crippen LogP contribution < -0.4 is 25.4 Å². The monoisotopic (exact) mass is 568 g/mol. The van der Waals surface area contributed by atoms with Crippen molar-refractivity contribution in [2.24, 2.45) is 4.99 Å². The van der Waals surface area contributed by atoms with Crippen molar-refractivity contribution in [2.75, 3.05) is 39.7 Å². The average Bonchev–Trinajstić information content (AvgIpc) is 3.36. The third kappa shape index (κ3) is 8.08. The number of ether oxygens (including phenoxy) is 3. The minimum atomic E-state index is -0.342. The number of methoxy groups -OCH3 is 2. The maximum absolute atomic E-state index is 12.3. The summed E-state index contributed by atoms with van der Waals surface area (Å²) in [6.45, 7) is 1.95. The molecule has 1 saturated heterocycles. The molecule has 0 aliphatic carbocycles. The van der Waals surface area contributed by atoms with E-state index in [4.69, 9.17) is 14.2 Å². The molecule has 1 fully saturated rings. The van der Waals surface area contributed by atoms with E-state index in [1.807, 2.05) is 42.5 Å². The Bertz CT molecular complexity index is 932. The predicted octanol–water partition coefficient (Wildman–Crippen LogP) is 3.35. The first-order valence-corrected chi connectivity index (χ1v) is 10.8. The van der Waals surface area contributed by atoms with E-state index < -0.39 is 0 Å². The molecule has 2 aromatic carbocycles. The Hall–Kier alpha value is -2.53. The molecule has 2 aromatic rings. The van der Waals surface area contributed by atoms with Crippen molar-refractivity contribution >= 4 is 41.5 Å². The number of guanidine groups is 1. The van der Waals surface area contributed by atoms with Gasteiger partial charge in [-0.3, -0.25) is 9.79 Å². The number of carbonyl (C=O) groups excluding carboxylic acids is 1. The Morgan fingerprint density at radius 2 is 1.91 bits per heavy atom. The van der Waals surface area contributed by atoms with Gasteiger partial charge in [0.25, 0.3) is 5.91 Å². The first-order chi connectivity index (χ1) is 15.6. The lowest BCUT2D eigenvalue weighted by molar-refractivity contribution is -0.124. The van der Waals surface area contributed by atoms with Crippen LogP contribution in [0.25, 0.3) is 0 Å². The van der Waals surface area contributed by atoms with Gasteiger partial charge in [0.2, 0.25) is 0 Å². The predicted molar refractivity (Wildman–Crippen MR) is 141 cm³/mol. The maximum Gasteiger partial charge on any atom is 0.253 e. The van der Waals surface area contributed by atoms with E-state index in [9.17, 15) is 4.79 Å². The summed E-state index contributed by atoms with van der Waals surface area (Å²) < 4.78 is 16.1. The molecule has 0 radical (unpaired) electrons. The highest BCUT2D eigenvalue weighted by Gasteiger charge is 2.23. The molecule has 3 rings (SSSR count). The van der Waals surface area contributed by atoms with Gasteiger partial charge in [0.1, 0.15) is 6.10 Å². The molecule has 0 bridgehead atoms. The van der Waals surface area contributed by atoms with E-state index in [1.165, 1.54) is 0 Å². The van der Waals surface area contributed by atoms with Crippen molar-refractivity contribution in [2.45, 2.75) is 31.9 Å². The molecule has 1 heterocycles. The van der Waals surface area contributed by atoms with E-state index in [1.54, 1.807) is 21.3 Å². The molecule has 180 valence electrons. The number of aliphatic imine (C=N–C) groups is 1. The van der Waals surface area contributed by atoms with Gasteiger partial charge in [0.15, 0.2) is 17.5 Å². The van der Waals surface area contributed by atoms with Crippen LogP contribution in [0.3, 0.4) is 0 Å². The second kappa shape index (κ2) is 13.9. The molecule has 3 N–H and O–H groups in total. The van der Waals surface area contributed by atoms with Crippen LogP contribution in [0.15, 0.2) is 47.5 Å². The number of nitrogens with zero attached hydrogens (tertiary/aromatic N) is 1. The molecule has 8 nitrogen and oxygen atoms in total. The summed E-state index contributed by atoms with van der Waals surface area (Å²) in [6.07, 6.45) is 2.18. The zero-order chi connectivity index (χ0) is 22.8. The molecule has 33 heavy (non-hydrogen) atoms. The topological polar surface area (TPSA) is 93.2 Å². The summed E-state index contributed by atoms with van der Waals surface area (Å²) >= 11 is 0. The number of anilines is 1. The van der Waals surface area contributed by atoms with Gasteiger partial charge in [0, 0.05) is 32.4 Å². The van der Waals surface area contributed by atoms with Gasteiger partial charge in [-0.2, -0.15) is 0 Å². The quantitative estimate of drug-likeness (QED) is 0.244. The summed E-state index contributed by atoms with van der Waals surface area (Å²) in [5.74, 6) is 2.06. The maximum atomic E-state index is 12.3. The summed E-state index contributed by atoms with van der Waals surface area (Å²) in [5.41, 5.74) is 2.94. The van der Waals surface area contributed by atoms with Gasteiger partial charge in [-0.1, -0.05) is 18.2 Å². The summed E-state index contributed by atoms with van der Waals surface area (Å²) in [5, 5.41) is 9.56. The number of amides is 1. The minimum absolute atomic E-state index is 0. The molecular weight excluding hydrogens is 535 g/mol. The van der Waals surface area contributed by atoms with Crippen LogP contribution in [0.4, 0.5) is 5.69 Å². The number of nitrogens with one attached hydrogen (secondary N) is 3. The SMILES string of the molecule is CN=C(NCCc1ccc(OC)c(OC)c1)NCc1cccc(NC(=O)C2CCCO2)c1.I. The number of halogens is 1. The molecular formula is C24H33IN4O4. The highest BCUT2D eigenvalue weighted by Crippen LogP contribution is 2.27. The van der Waals surface area contributed by atoms with Crippen LogP contribution in [0.2, 0.25) is 0 Å². The number of carbonyl (C=O) groups is 1. The zero-order valence-corrected chi connectivity index (χ0v) is 21.7. The molecule has 0 spiro atoms. The van der Waals surface area contributed by atoms with Crippen molar-refractivity contribution in [3.8, 4) is 11.5 Å². The highest BCUT2D eigenvalue weighted by atomic mass is 127. The summed E-state index contributed by atoms with van der Waals surface area (Å²) in [6, 6.07) is 13.7. The Labute approximate surface area is 212 Å². The lowest BCUT2D eigenvalue weighted by Crippen LogP contribution is -2.37. The Balaban J connectivity index is 0.00000385. The van der Waals surface area contributed by atoms with Gasteiger partial charge in [-0.15, -0.1) is 24.0 Å². The van der Waals surface area contributed by atoms with Crippen molar-refractivity contribution in [3.05, 3.63) is 53.6 Å². The second-order valence-electron chi connectivity index (χ2n) is 7.48. The molecule has 1 aliphatic heterocycles. The molecule has 9 heteroatoms. The zero-order valence-electron chi connectivity index (χ0n) is 19.3. The lowest BCUT2D eigenvalue weighted by Gasteiger charge is -2.14. The highest BCUT2D eigenvalue weighted by molar-refractivity contribution is 14.0. The number of benzene rings is 2. The molecule has 1 amide bonds. The third-order valence-electron chi connectivity index (χ3n) is 5.25. The van der Waals surface area contributed by atoms with Crippen molar-refractivity contribution in [1.29, 1.82) is 0 Å². The third-order valence-corrected chi connectivity index (χ3v) is 5.25. The van der Waals surface area contributed by atoms with E-state index in [0.29, 0.717) is 25.7 Å². The smallest absolute Gasteiger partial charge is 0.253 e. The van der Waals surface area contributed by atoms with Crippen LogP contribution in [0.1, 0.15) is 24.0 Å². The fourth-order valence-corrected chi connectivity index (χ4v) is 3.53. The van der Waals surface area contributed by atoms with Gasteiger partial charge in [-0.05, 0) is 54.7 Å². The lowest BCUT2D eigenvalue weighted by atomic mass is 10.1. The van der Waals surface area contributed by atoms with Crippen LogP contribution in [0, 0.1) is 0 Å².